The van der Waals surface area contributed by atoms with Gasteiger partial charge in [-0.1, -0.05) is 66.7 Å². The highest BCUT2D eigenvalue weighted by molar-refractivity contribution is 7.91. The maximum Gasteiger partial charge on any atom is 0.195 e. The lowest BCUT2D eigenvalue weighted by Crippen LogP contribution is -2.49. The van der Waals surface area contributed by atoms with Crippen molar-refractivity contribution in [1.82, 2.24) is 0 Å². The van der Waals surface area contributed by atoms with Crippen LogP contribution in [-0.2, 0) is 23.4 Å². The van der Waals surface area contributed by atoms with Gasteiger partial charge in [0.25, 0.3) is 0 Å². The quantitative estimate of drug-likeness (QED) is 0.277. The second-order valence-electron chi connectivity index (χ2n) is 13.8. The number of hydrogen-bond donors (Lipinski definition) is 0. The van der Waals surface area contributed by atoms with E-state index in [1.54, 1.807) is 24.3 Å². The Bertz CT molecular complexity index is 933. The van der Waals surface area contributed by atoms with Crippen molar-refractivity contribution in [2.75, 3.05) is 12.4 Å². The van der Waals surface area contributed by atoms with Crippen LogP contribution in [0.15, 0.2) is 35.2 Å². The number of ether oxygens (including phenoxy) is 1. The van der Waals surface area contributed by atoms with E-state index in [2.05, 4.69) is 67.7 Å². The highest BCUT2D eigenvalue weighted by atomic mass is 32.2. The molecule has 8 heteroatoms. The zero-order valence-electron chi connectivity index (χ0n) is 24.7. The van der Waals surface area contributed by atoms with Gasteiger partial charge < -0.3 is 13.6 Å². The van der Waals surface area contributed by atoms with Crippen molar-refractivity contribution in [1.29, 1.82) is 0 Å². The first kappa shape index (κ1) is 31.7. The normalized spacial score (nSPS) is 23.5. The molecule has 0 N–H and O–H groups in total. The fraction of sp³-hybridized carbons (Fsp3) is 0.786. The fourth-order valence-corrected chi connectivity index (χ4v) is 7.96. The molecule has 1 aliphatic heterocycles. The molecule has 0 aromatic heterocycles. The first-order valence-corrected chi connectivity index (χ1v) is 21.0. The second kappa shape index (κ2) is 11.7. The number of benzene rings is 1. The summed E-state index contributed by atoms with van der Waals surface area (Å²) in [7, 11) is -7.24. The van der Waals surface area contributed by atoms with E-state index in [9.17, 15) is 8.42 Å². The van der Waals surface area contributed by atoms with Gasteiger partial charge in [0, 0.05) is 13.0 Å². The summed E-state index contributed by atoms with van der Waals surface area (Å²) in [6.07, 6.45) is 2.16. The van der Waals surface area contributed by atoms with E-state index in [1.807, 2.05) is 13.0 Å². The Hall–Kier alpha value is -0.516. The van der Waals surface area contributed by atoms with Gasteiger partial charge in [-0.15, -0.1) is 0 Å². The van der Waals surface area contributed by atoms with E-state index in [0.717, 1.165) is 25.9 Å². The van der Waals surface area contributed by atoms with Crippen molar-refractivity contribution in [2.45, 2.75) is 121 Å². The summed E-state index contributed by atoms with van der Waals surface area (Å²) in [5, 5.41) is 0.256. The van der Waals surface area contributed by atoms with E-state index >= 15 is 0 Å². The maximum absolute atomic E-state index is 13.1. The molecular weight excluding hydrogens is 505 g/mol. The molecule has 0 unspecified atom stereocenters. The van der Waals surface area contributed by atoms with Gasteiger partial charge in [-0.05, 0) is 73.1 Å². The Morgan fingerprint density at radius 3 is 2.03 bits per heavy atom. The van der Waals surface area contributed by atoms with Gasteiger partial charge in [0.1, 0.15) is 6.29 Å². The average molecular weight is 557 g/mol. The zero-order valence-corrected chi connectivity index (χ0v) is 27.5. The van der Waals surface area contributed by atoms with Gasteiger partial charge in [-0.25, -0.2) is 8.42 Å². The SMILES string of the molecule is C[C@H](CS(=O)(=O)c1ccccc1)[C@H]1C[C@@H](CCO[Si](C)(C)C(C)(C)C)C[C@@H](O[Si](C)(C)C(C)(C)C)O1. The predicted octanol–water partition coefficient (Wildman–Crippen LogP) is 7.65. The Balaban J connectivity index is 2.16. The lowest BCUT2D eigenvalue weighted by atomic mass is 9.87. The van der Waals surface area contributed by atoms with Crippen molar-refractivity contribution in [3.63, 3.8) is 0 Å². The highest BCUT2D eigenvalue weighted by Gasteiger charge is 2.43. The minimum atomic E-state index is -3.39. The summed E-state index contributed by atoms with van der Waals surface area (Å²) in [6.45, 7) is 25.3. The standard InChI is InChI=1S/C28H52O5SSi2/c1-22(21-34(29,30)24-15-13-12-14-16-24)25-19-23(17-18-31-35(8,9)27(2,3)4)20-26(32-25)33-36(10,11)28(5,6)7/h12-16,22-23,25-26H,17-21H2,1-11H3/t22-,23-,25-,26-/m1/s1. The van der Waals surface area contributed by atoms with Crippen molar-refractivity contribution in [2.24, 2.45) is 11.8 Å². The van der Waals surface area contributed by atoms with Crippen LogP contribution in [0.5, 0.6) is 0 Å². The molecule has 1 saturated heterocycles. The Morgan fingerprint density at radius 2 is 1.50 bits per heavy atom. The molecule has 36 heavy (non-hydrogen) atoms. The van der Waals surface area contributed by atoms with Gasteiger partial charge in [0.15, 0.2) is 26.5 Å². The van der Waals surface area contributed by atoms with E-state index in [0.29, 0.717) is 10.8 Å². The molecule has 5 nitrogen and oxygen atoms in total. The van der Waals surface area contributed by atoms with Crippen LogP contribution in [0.25, 0.3) is 0 Å². The highest BCUT2D eigenvalue weighted by Crippen LogP contribution is 2.41. The van der Waals surface area contributed by atoms with E-state index in [1.165, 1.54) is 0 Å². The van der Waals surface area contributed by atoms with Gasteiger partial charge in [-0.2, -0.15) is 0 Å². The number of hydrogen-bond acceptors (Lipinski definition) is 5. The van der Waals surface area contributed by atoms with Crippen LogP contribution < -0.4 is 0 Å². The zero-order chi connectivity index (χ0) is 27.6. The molecule has 0 spiro atoms. The van der Waals surface area contributed by atoms with Crippen LogP contribution in [0.1, 0.15) is 67.7 Å². The first-order valence-electron chi connectivity index (χ1n) is 13.5. The minimum absolute atomic E-state index is 0.0711. The average Bonchev–Trinajstić information content (AvgIpc) is 2.72. The summed E-state index contributed by atoms with van der Waals surface area (Å²) < 4.78 is 45.9. The molecule has 4 atom stereocenters. The third kappa shape index (κ3) is 8.50. The van der Waals surface area contributed by atoms with Crippen LogP contribution >= 0.6 is 0 Å². The third-order valence-corrected chi connectivity index (χ3v) is 19.6. The van der Waals surface area contributed by atoms with Crippen molar-refractivity contribution in [3.05, 3.63) is 30.3 Å². The first-order chi connectivity index (χ1) is 16.3. The van der Waals surface area contributed by atoms with Crippen LogP contribution in [0.4, 0.5) is 0 Å². The maximum atomic E-state index is 13.1. The lowest BCUT2D eigenvalue weighted by Gasteiger charge is -2.44. The molecule has 0 radical (unpaired) electrons. The van der Waals surface area contributed by atoms with Gasteiger partial charge in [-0.3, -0.25) is 0 Å². The molecule has 1 aliphatic rings. The fourth-order valence-electron chi connectivity index (χ4n) is 4.06. The van der Waals surface area contributed by atoms with Crippen LogP contribution in [0.2, 0.25) is 36.3 Å². The summed E-state index contributed by atoms with van der Waals surface area (Å²) in [4.78, 5) is 0.376. The van der Waals surface area contributed by atoms with Gasteiger partial charge in [0.2, 0.25) is 0 Å². The third-order valence-electron chi connectivity index (χ3n) is 8.66. The minimum Gasteiger partial charge on any atom is -0.417 e. The molecule has 0 saturated carbocycles. The largest absolute Gasteiger partial charge is 0.417 e. The van der Waals surface area contributed by atoms with E-state index in [-0.39, 0.29) is 34.1 Å². The second-order valence-corrected chi connectivity index (χ2v) is 25.4. The topological polar surface area (TPSA) is 61.8 Å². The summed E-state index contributed by atoms with van der Waals surface area (Å²) in [6, 6.07) is 8.74. The number of sulfone groups is 1. The lowest BCUT2D eigenvalue weighted by molar-refractivity contribution is -0.180. The molecular formula is C28H52O5SSi2. The molecule has 1 fully saturated rings. The molecule has 0 amide bonds. The molecule has 1 aromatic rings. The van der Waals surface area contributed by atoms with Crippen molar-refractivity contribution in [3.8, 4) is 0 Å². The summed E-state index contributed by atoms with van der Waals surface area (Å²) in [5.74, 6) is 0.316. The number of rotatable bonds is 10. The Kier molecular flexibility index (Phi) is 10.3. The van der Waals surface area contributed by atoms with Crippen molar-refractivity contribution >= 4 is 26.5 Å². The van der Waals surface area contributed by atoms with E-state index in [4.69, 9.17) is 13.6 Å². The molecule has 0 bridgehead atoms. The molecule has 1 heterocycles. The van der Waals surface area contributed by atoms with Gasteiger partial charge in [0.05, 0.1) is 16.8 Å². The monoisotopic (exact) mass is 556 g/mol. The summed E-state index contributed by atoms with van der Waals surface area (Å²) in [5.41, 5.74) is 0. The molecule has 1 aromatic carbocycles. The summed E-state index contributed by atoms with van der Waals surface area (Å²) >= 11 is 0. The van der Waals surface area contributed by atoms with E-state index < -0.39 is 26.5 Å². The van der Waals surface area contributed by atoms with Gasteiger partial charge >= 0.3 is 0 Å². The smallest absolute Gasteiger partial charge is 0.195 e. The Morgan fingerprint density at radius 1 is 0.944 bits per heavy atom. The molecule has 2 rings (SSSR count). The van der Waals surface area contributed by atoms with Crippen molar-refractivity contribution < 1.29 is 22.0 Å². The van der Waals surface area contributed by atoms with Crippen LogP contribution in [-0.4, -0.2) is 49.8 Å². The predicted molar refractivity (Wildman–Crippen MR) is 155 cm³/mol. The molecule has 0 aliphatic carbocycles. The van der Waals surface area contributed by atoms with Crippen LogP contribution in [0.3, 0.4) is 0 Å². The Labute approximate surface area is 223 Å². The molecule has 208 valence electrons. The van der Waals surface area contributed by atoms with Crippen LogP contribution in [0, 0.1) is 11.8 Å².